The number of hydrogen-bond acceptors (Lipinski definition) is 12. The molecule has 0 N–H and O–H groups in total. The molecule has 9 aromatic rings. The van der Waals surface area contributed by atoms with Crippen molar-refractivity contribution in [3.8, 4) is 0 Å². The molecule has 0 unspecified atom stereocenters. The Balaban J connectivity index is 0.000000246. The highest BCUT2D eigenvalue weighted by Crippen LogP contribution is 2.26. The minimum Gasteiger partial charge on any atom is -0.497 e. The smallest absolute Gasteiger partial charge is 0.113 e. The van der Waals surface area contributed by atoms with Crippen molar-refractivity contribution >= 4 is 32.3 Å². The molecule has 9 aromatic carbocycles. The maximum atomic E-state index is 5.29. The molecule has 0 atom stereocenters. The fraction of sp³-hybridized carbons (Fsp3) is 0.143. The normalized spacial score (nSPS) is 9.62. The summed E-state index contributed by atoms with van der Waals surface area (Å²) in [5.41, 5.74) is 13.4. The van der Waals surface area contributed by atoms with Crippen molar-refractivity contribution in [3.05, 3.63) is 403 Å². The average Bonchev–Trinajstić information content (AvgIpc) is 0.853. The van der Waals surface area contributed by atoms with Crippen molar-refractivity contribution in [2.24, 2.45) is 0 Å². The summed E-state index contributed by atoms with van der Waals surface area (Å²) in [6.07, 6.45) is 17.4. The molecule has 0 bridgehead atoms. The van der Waals surface area contributed by atoms with E-state index in [1.165, 1.54) is 107 Å². The fourth-order valence-corrected chi connectivity index (χ4v) is 9.07. The van der Waals surface area contributed by atoms with Crippen molar-refractivity contribution in [1.29, 1.82) is 0 Å². The molecule has 0 aliphatic heterocycles. The minimum atomic E-state index is 0.504. The Hall–Kier alpha value is -11.8. The summed E-state index contributed by atoms with van der Waals surface area (Å²) in [7, 11) is 0. The maximum Gasteiger partial charge on any atom is 0.113 e. The van der Waals surface area contributed by atoms with E-state index in [9.17, 15) is 0 Å². The van der Waals surface area contributed by atoms with Gasteiger partial charge in [-0.1, -0.05) is 231 Å². The molecule has 0 saturated heterocycles. The predicted molar refractivity (Wildman–Crippen MR) is 391 cm³/mol. The lowest BCUT2D eigenvalue weighted by Crippen LogP contribution is -1.97. The Morgan fingerprint density at radius 1 is 0.177 bits per heavy atom. The zero-order valence-electron chi connectivity index (χ0n) is 55.1. The lowest BCUT2D eigenvalue weighted by molar-refractivity contribution is 0.219. The Morgan fingerprint density at radius 2 is 0.427 bits per heavy atom. The molecular formula is C84H90O12. The second-order valence-corrected chi connectivity index (χ2v) is 20.1. The molecule has 0 amide bonds. The second-order valence-electron chi connectivity index (χ2n) is 20.1. The Labute approximate surface area is 568 Å². The van der Waals surface area contributed by atoms with Crippen LogP contribution >= 0.6 is 0 Å². The first-order valence-electron chi connectivity index (χ1n) is 30.6. The van der Waals surface area contributed by atoms with Crippen LogP contribution in [0.1, 0.15) is 66.8 Å². The van der Waals surface area contributed by atoms with Gasteiger partial charge < -0.3 is 56.8 Å². The first-order valence-corrected chi connectivity index (χ1v) is 30.6. The van der Waals surface area contributed by atoms with Gasteiger partial charge in [-0.05, 0) is 129 Å². The van der Waals surface area contributed by atoms with Crippen molar-refractivity contribution in [2.45, 2.75) is 79.3 Å². The lowest BCUT2D eigenvalue weighted by Gasteiger charge is -2.11. The van der Waals surface area contributed by atoms with E-state index < -0.39 is 0 Å². The summed E-state index contributed by atoms with van der Waals surface area (Å²) in [6.45, 7) is 48.7. The van der Waals surface area contributed by atoms with Gasteiger partial charge in [0.1, 0.15) is 79.3 Å². The molecule has 0 aromatic heterocycles. The van der Waals surface area contributed by atoms with E-state index in [-0.39, 0.29) is 0 Å². The lowest BCUT2D eigenvalue weighted by atomic mass is 10.00. The predicted octanol–water partition coefficient (Wildman–Crippen LogP) is 21.5. The van der Waals surface area contributed by atoms with Crippen LogP contribution in [-0.2, 0) is 136 Å². The van der Waals surface area contributed by atoms with E-state index in [4.69, 9.17) is 56.8 Å². The summed E-state index contributed by atoms with van der Waals surface area (Å²) in [5.74, 6) is 0. The minimum absolute atomic E-state index is 0.504. The standard InChI is InChI=1S/3C16H16O2.3C12H14O2/c1-3-17-11-13-5-7-15-8-6-14(12-18-4-2)10-16(15)9-13;1-3-17-11-14-9-5-7-13-8-6-10-15(16(13)14)12-18-4-2;1-3-17-11-15-9-13-7-5-6-8-14(13)10-16(15)12-18-4-2;1-3-13-9-11-5-7-12(8-6-11)10-14-4-2;1-3-13-9-11-6-5-7-12(8-11)10-14-4-2;1-3-13-9-11-7-5-6-8-12(11)10-14-4-2/h3*3-10H,1-2,11-12H2;3*3-8H,1-2,9-10H2. The molecule has 0 aliphatic carbocycles. The van der Waals surface area contributed by atoms with Crippen LogP contribution in [0.25, 0.3) is 32.3 Å². The van der Waals surface area contributed by atoms with Crippen LogP contribution in [0, 0.1) is 0 Å². The molecule has 0 radical (unpaired) electrons. The molecule has 96 heavy (non-hydrogen) atoms. The maximum absolute atomic E-state index is 5.29. The molecular weight excluding hydrogens is 1200 g/mol. The number of ether oxygens (including phenoxy) is 12. The second kappa shape index (κ2) is 48.1. The highest BCUT2D eigenvalue weighted by atomic mass is 16.5. The van der Waals surface area contributed by atoms with E-state index in [1.807, 2.05) is 97.1 Å². The zero-order chi connectivity index (χ0) is 69.1. The van der Waals surface area contributed by atoms with Gasteiger partial charge in [0.15, 0.2) is 0 Å². The SMILES string of the molecule is C=COCc1cc2ccccc2cc1COC=C.C=COCc1ccc(COC=C)cc1.C=COCc1ccc2ccc(COC=C)cc2c1.C=COCc1cccc(COC=C)c1.C=COCc1cccc2cccc(COC=C)c12.C=COCc1ccccc1COC=C. The van der Waals surface area contributed by atoms with Gasteiger partial charge >= 0.3 is 0 Å². The Morgan fingerprint density at radius 3 is 0.771 bits per heavy atom. The molecule has 0 saturated carbocycles. The average molecular weight is 1290 g/mol. The number of rotatable bonds is 36. The van der Waals surface area contributed by atoms with Gasteiger partial charge in [0.2, 0.25) is 0 Å². The molecule has 0 aliphatic rings. The van der Waals surface area contributed by atoms with Gasteiger partial charge in [-0.2, -0.15) is 0 Å². The van der Waals surface area contributed by atoms with Crippen molar-refractivity contribution in [3.63, 3.8) is 0 Å². The number of hydrogen-bond donors (Lipinski definition) is 0. The first-order chi connectivity index (χ1) is 47.1. The van der Waals surface area contributed by atoms with Crippen LogP contribution in [0.5, 0.6) is 0 Å². The van der Waals surface area contributed by atoms with E-state index in [1.54, 1.807) is 0 Å². The summed E-state index contributed by atoms with van der Waals surface area (Å²) < 4.78 is 62.0. The fourth-order valence-electron chi connectivity index (χ4n) is 9.07. The van der Waals surface area contributed by atoms with Gasteiger partial charge in [-0.3, -0.25) is 0 Å². The molecule has 12 heteroatoms. The van der Waals surface area contributed by atoms with E-state index in [2.05, 4.69) is 164 Å². The van der Waals surface area contributed by atoms with Crippen molar-refractivity contribution in [1.82, 2.24) is 0 Å². The van der Waals surface area contributed by atoms with Crippen LogP contribution in [-0.4, -0.2) is 0 Å². The van der Waals surface area contributed by atoms with Gasteiger partial charge in [0, 0.05) is 0 Å². The largest absolute Gasteiger partial charge is 0.497 e. The third-order valence-electron chi connectivity index (χ3n) is 13.6. The zero-order valence-corrected chi connectivity index (χ0v) is 55.1. The van der Waals surface area contributed by atoms with E-state index in [0.717, 1.165) is 66.8 Å². The van der Waals surface area contributed by atoms with Crippen LogP contribution in [0.2, 0.25) is 0 Å². The number of fused-ring (bicyclic) bond motifs is 3. The van der Waals surface area contributed by atoms with Gasteiger partial charge in [-0.15, -0.1) is 0 Å². The summed E-state index contributed by atoms with van der Waals surface area (Å²) in [4.78, 5) is 0. The van der Waals surface area contributed by atoms with Gasteiger partial charge in [0.25, 0.3) is 0 Å². The van der Waals surface area contributed by atoms with Crippen LogP contribution in [0.3, 0.4) is 0 Å². The van der Waals surface area contributed by atoms with Crippen LogP contribution in [0.15, 0.2) is 336 Å². The molecule has 0 heterocycles. The molecule has 498 valence electrons. The van der Waals surface area contributed by atoms with Gasteiger partial charge in [0.05, 0.1) is 75.1 Å². The van der Waals surface area contributed by atoms with Crippen molar-refractivity contribution < 1.29 is 56.8 Å². The van der Waals surface area contributed by atoms with Crippen LogP contribution < -0.4 is 0 Å². The summed E-state index contributed by atoms with van der Waals surface area (Å²) >= 11 is 0. The Bertz CT molecular complexity index is 3610. The molecule has 12 nitrogen and oxygen atoms in total. The summed E-state index contributed by atoms with van der Waals surface area (Å²) in [5, 5.41) is 7.16. The van der Waals surface area contributed by atoms with Crippen molar-refractivity contribution in [2.75, 3.05) is 0 Å². The van der Waals surface area contributed by atoms with E-state index >= 15 is 0 Å². The number of benzene rings is 9. The highest BCUT2D eigenvalue weighted by molar-refractivity contribution is 5.89. The molecule has 0 fully saturated rings. The first kappa shape index (κ1) is 76.7. The van der Waals surface area contributed by atoms with E-state index in [0.29, 0.717) is 79.3 Å². The molecule has 0 spiro atoms. The topological polar surface area (TPSA) is 111 Å². The van der Waals surface area contributed by atoms with Gasteiger partial charge in [-0.25, -0.2) is 0 Å². The third kappa shape index (κ3) is 29.2. The molecule has 9 rings (SSSR count). The third-order valence-corrected chi connectivity index (χ3v) is 13.6. The summed E-state index contributed by atoms with van der Waals surface area (Å²) in [6, 6.07) is 61.4. The quantitative estimate of drug-likeness (QED) is 0.0349. The van der Waals surface area contributed by atoms with Crippen LogP contribution in [0.4, 0.5) is 0 Å². The highest BCUT2D eigenvalue weighted by Gasteiger charge is 2.09. The monoisotopic (exact) mass is 1290 g/mol. The Kier molecular flexibility index (Phi) is 38.4.